The number of halogens is 1. The first-order valence-electron chi connectivity index (χ1n) is 7.08. The van der Waals surface area contributed by atoms with E-state index in [9.17, 15) is 9.59 Å². The summed E-state index contributed by atoms with van der Waals surface area (Å²) in [4.78, 5) is 23.2. The molecule has 1 aromatic carbocycles. The van der Waals surface area contributed by atoms with Gasteiger partial charge in [-0.3, -0.25) is 9.59 Å². The van der Waals surface area contributed by atoms with Crippen molar-refractivity contribution in [3.63, 3.8) is 0 Å². The van der Waals surface area contributed by atoms with Crippen LogP contribution in [0.2, 0.25) is 0 Å². The summed E-state index contributed by atoms with van der Waals surface area (Å²) < 4.78 is 6.44. The monoisotopic (exact) mass is 371 g/mol. The molecule has 0 saturated carbocycles. The highest BCUT2D eigenvalue weighted by Gasteiger charge is 2.17. The van der Waals surface area contributed by atoms with Crippen LogP contribution < -0.4 is 21.1 Å². The van der Waals surface area contributed by atoms with Crippen molar-refractivity contribution < 1.29 is 14.3 Å². The average Bonchev–Trinajstić information content (AvgIpc) is 2.50. The molecule has 0 heterocycles. The molecule has 122 valence electrons. The summed E-state index contributed by atoms with van der Waals surface area (Å²) in [5.41, 5.74) is 5.68. The molecule has 0 bridgehead atoms. The largest absolute Gasteiger partial charge is 0.492 e. The molecule has 0 aliphatic carbocycles. The summed E-state index contributed by atoms with van der Waals surface area (Å²) in [5.74, 6) is 0.163. The highest BCUT2D eigenvalue weighted by atomic mass is 79.9. The number of benzene rings is 1. The predicted octanol–water partition coefficient (Wildman–Crippen LogP) is 1.04. The molecule has 22 heavy (non-hydrogen) atoms. The predicted molar refractivity (Wildman–Crippen MR) is 88.5 cm³/mol. The Labute approximate surface area is 138 Å². The van der Waals surface area contributed by atoms with Crippen LogP contribution in [0.3, 0.4) is 0 Å². The van der Waals surface area contributed by atoms with Gasteiger partial charge in [-0.05, 0) is 30.2 Å². The third-order valence-electron chi connectivity index (χ3n) is 2.95. The Bertz CT molecular complexity index is 491. The molecule has 1 rings (SSSR count). The summed E-state index contributed by atoms with van der Waals surface area (Å²) in [6.45, 7) is 4.33. The third-order valence-corrected chi connectivity index (χ3v) is 3.48. The Hall–Kier alpha value is -1.60. The molecule has 2 amide bonds. The Kier molecular flexibility index (Phi) is 7.90. The van der Waals surface area contributed by atoms with E-state index in [-0.39, 0.29) is 24.3 Å². The molecule has 1 aromatic rings. The van der Waals surface area contributed by atoms with E-state index in [1.165, 1.54) is 0 Å². The number of amides is 2. The fourth-order valence-corrected chi connectivity index (χ4v) is 1.80. The minimum atomic E-state index is -0.603. The quantitative estimate of drug-likeness (QED) is 0.595. The average molecular weight is 372 g/mol. The number of hydrogen-bond acceptors (Lipinski definition) is 4. The number of carbonyl (C=O) groups excluding carboxylic acids is 2. The molecule has 0 saturated heterocycles. The van der Waals surface area contributed by atoms with Gasteiger partial charge in [0.2, 0.25) is 11.8 Å². The normalized spacial score (nSPS) is 11.9. The van der Waals surface area contributed by atoms with E-state index in [0.717, 1.165) is 10.2 Å². The number of ether oxygens (including phenoxy) is 1. The number of nitrogens with two attached hydrogens (primary N) is 1. The van der Waals surface area contributed by atoms with E-state index in [2.05, 4.69) is 26.6 Å². The molecule has 0 radical (unpaired) electrons. The van der Waals surface area contributed by atoms with Gasteiger partial charge in [-0.15, -0.1) is 0 Å². The van der Waals surface area contributed by atoms with Gasteiger partial charge in [0.15, 0.2) is 0 Å². The summed E-state index contributed by atoms with van der Waals surface area (Å²) in [6.07, 6.45) is 0. The van der Waals surface area contributed by atoms with Gasteiger partial charge in [-0.1, -0.05) is 29.8 Å². The summed E-state index contributed by atoms with van der Waals surface area (Å²) in [7, 11) is 0. The second kappa shape index (κ2) is 9.42. The lowest BCUT2D eigenvalue weighted by atomic mass is 10.1. The molecule has 0 aromatic heterocycles. The molecule has 0 aliphatic rings. The van der Waals surface area contributed by atoms with Crippen molar-refractivity contribution in [3.05, 3.63) is 28.7 Å². The molecular weight excluding hydrogens is 350 g/mol. The van der Waals surface area contributed by atoms with Crippen LogP contribution in [0, 0.1) is 5.92 Å². The maximum absolute atomic E-state index is 11.6. The molecule has 4 N–H and O–H groups in total. The van der Waals surface area contributed by atoms with Gasteiger partial charge in [-0.2, -0.15) is 0 Å². The van der Waals surface area contributed by atoms with Gasteiger partial charge in [0.25, 0.3) is 0 Å². The number of hydrogen-bond donors (Lipinski definition) is 3. The Morgan fingerprint density at radius 3 is 2.45 bits per heavy atom. The maximum atomic E-state index is 11.6. The van der Waals surface area contributed by atoms with Crippen LogP contribution in [-0.2, 0) is 9.59 Å². The van der Waals surface area contributed by atoms with E-state index < -0.39 is 6.04 Å². The molecule has 0 aliphatic heterocycles. The lowest BCUT2D eigenvalue weighted by Crippen LogP contribution is -2.47. The molecule has 6 nitrogen and oxygen atoms in total. The second-order valence-corrected chi connectivity index (χ2v) is 6.06. The van der Waals surface area contributed by atoms with Crippen LogP contribution in [0.15, 0.2) is 28.7 Å². The first-order valence-corrected chi connectivity index (χ1v) is 7.88. The zero-order valence-electron chi connectivity index (χ0n) is 12.8. The first kappa shape index (κ1) is 18.4. The molecule has 0 unspecified atom stereocenters. The van der Waals surface area contributed by atoms with Gasteiger partial charge < -0.3 is 21.1 Å². The first-order chi connectivity index (χ1) is 10.4. The fourth-order valence-electron chi connectivity index (χ4n) is 1.54. The Morgan fingerprint density at radius 1 is 1.23 bits per heavy atom. The molecule has 7 heteroatoms. The molecule has 1 atom stereocenters. The van der Waals surface area contributed by atoms with Gasteiger partial charge in [-0.25, -0.2) is 0 Å². The van der Waals surface area contributed by atoms with Gasteiger partial charge in [0.05, 0.1) is 19.1 Å². The van der Waals surface area contributed by atoms with Crippen molar-refractivity contribution in [2.45, 2.75) is 19.9 Å². The van der Waals surface area contributed by atoms with Crippen LogP contribution in [0.5, 0.6) is 5.75 Å². The minimum Gasteiger partial charge on any atom is -0.492 e. The molecular formula is C15H22BrN3O3. The maximum Gasteiger partial charge on any atom is 0.239 e. The molecule has 0 spiro atoms. The van der Waals surface area contributed by atoms with Crippen molar-refractivity contribution in [3.8, 4) is 5.75 Å². The lowest BCUT2D eigenvalue weighted by Gasteiger charge is -2.15. The van der Waals surface area contributed by atoms with Crippen LogP contribution in [0.25, 0.3) is 0 Å². The van der Waals surface area contributed by atoms with Gasteiger partial charge >= 0.3 is 0 Å². The van der Waals surface area contributed by atoms with E-state index >= 15 is 0 Å². The SMILES string of the molecule is CC(C)[C@H](N)C(=O)NCC(=O)NCCOc1ccc(Br)cc1. The van der Waals surface area contributed by atoms with Crippen molar-refractivity contribution in [1.29, 1.82) is 0 Å². The number of nitrogens with one attached hydrogen (secondary N) is 2. The standard InChI is InChI=1S/C15H22BrN3O3/c1-10(2)14(17)15(21)19-9-13(20)18-7-8-22-12-5-3-11(16)4-6-12/h3-6,10,14H,7-9,17H2,1-2H3,(H,18,20)(H,19,21)/t14-/m0/s1. The molecule has 0 fully saturated rings. The summed E-state index contributed by atoms with van der Waals surface area (Å²) >= 11 is 3.34. The topological polar surface area (TPSA) is 93.5 Å². The smallest absolute Gasteiger partial charge is 0.239 e. The summed E-state index contributed by atoms with van der Waals surface area (Å²) in [6, 6.07) is 6.82. The highest BCUT2D eigenvalue weighted by molar-refractivity contribution is 9.10. The summed E-state index contributed by atoms with van der Waals surface area (Å²) in [5, 5.41) is 5.17. The minimum absolute atomic E-state index is 0.0300. The van der Waals surface area contributed by atoms with Crippen molar-refractivity contribution >= 4 is 27.7 Å². The van der Waals surface area contributed by atoms with Crippen LogP contribution in [-0.4, -0.2) is 37.6 Å². The Balaban J connectivity index is 2.16. The zero-order chi connectivity index (χ0) is 16.5. The number of rotatable bonds is 8. The number of carbonyl (C=O) groups is 2. The third kappa shape index (κ3) is 6.91. The van der Waals surface area contributed by atoms with E-state index in [1.54, 1.807) is 0 Å². The van der Waals surface area contributed by atoms with Crippen molar-refractivity contribution in [1.82, 2.24) is 10.6 Å². The van der Waals surface area contributed by atoms with Crippen LogP contribution >= 0.6 is 15.9 Å². The zero-order valence-corrected chi connectivity index (χ0v) is 14.4. The van der Waals surface area contributed by atoms with Crippen molar-refractivity contribution in [2.24, 2.45) is 11.7 Å². The van der Waals surface area contributed by atoms with E-state index in [4.69, 9.17) is 10.5 Å². The van der Waals surface area contributed by atoms with Crippen molar-refractivity contribution in [2.75, 3.05) is 19.7 Å². The van der Waals surface area contributed by atoms with E-state index in [1.807, 2.05) is 38.1 Å². The lowest BCUT2D eigenvalue weighted by molar-refractivity contribution is -0.127. The van der Waals surface area contributed by atoms with E-state index in [0.29, 0.717) is 13.2 Å². The highest BCUT2D eigenvalue weighted by Crippen LogP contribution is 2.15. The Morgan fingerprint density at radius 2 is 1.86 bits per heavy atom. The fraction of sp³-hybridized carbons (Fsp3) is 0.467. The second-order valence-electron chi connectivity index (χ2n) is 5.14. The van der Waals surface area contributed by atoms with Crippen LogP contribution in [0.1, 0.15) is 13.8 Å². The van der Waals surface area contributed by atoms with Gasteiger partial charge in [0.1, 0.15) is 12.4 Å². The van der Waals surface area contributed by atoms with Crippen LogP contribution in [0.4, 0.5) is 0 Å². The van der Waals surface area contributed by atoms with Gasteiger partial charge in [0, 0.05) is 4.47 Å².